The number of rotatable bonds is 6. The molecule has 0 saturated heterocycles. The second-order valence-corrected chi connectivity index (χ2v) is 6.75. The van der Waals surface area contributed by atoms with Gasteiger partial charge >= 0.3 is 5.69 Å². The lowest BCUT2D eigenvalue weighted by atomic mass is 10.3. The van der Waals surface area contributed by atoms with Gasteiger partial charge in [-0.25, -0.2) is 8.42 Å². The van der Waals surface area contributed by atoms with E-state index in [1.165, 1.54) is 0 Å². The van der Waals surface area contributed by atoms with Crippen LogP contribution >= 0.6 is 0 Å². The average Bonchev–Trinajstić information content (AvgIpc) is 3.22. The fourth-order valence-corrected chi connectivity index (χ4v) is 3.33. The Hall–Kier alpha value is -1.98. The van der Waals surface area contributed by atoms with Gasteiger partial charge in [0.15, 0.2) is 0 Å². The third kappa shape index (κ3) is 3.37. The van der Waals surface area contributed by atoms with Gasteiger partial charge in [-0.15, -0.1) is 6.42 Å². The highest BCUT2D eigenvalue weighted by Crippen LogP contribution is 2.32. The van der Waals surface area contributed by atoms with Crippen molar-refractivity contribution in [3.8, 4) is 12.3 Å². The topological polar surface area (TPSA) is 80.5 Å². The van der Waals surface area contributed by atoms with Gasteiger partial charge < -0.3 is 0 Å². The van der Waals surface area contributed by atoms with Crippen molar-refractivity contribution in [1.82, 2.24) is 4.31 Å². The summed E-state index contributed by atoms with van der Waals surface area (Å²) in [7, 11) is -3.97. The maximum atomic E-state index is 13.3. The number of hydrogen-bond donors (Lipinski definition) is 0. The predicted octanol–water partition coefficient (Wildman–Crippen LogP) is 1.77. The Morgan fingerprint density at radius 3 is 2.67 bits per heavy atom. The van der Waals surface area contributed by atoms with Crippen LogP contribution in [-0.2, 0) is 10.0 Å². The number of benzene rings is 1. The van der Waals surface area contributed by atoms with Crippen LogP contribution in [0, 0.1) is 34.2 Å². The molecule has 1 fully saturated rings. The van der Waals surface area contributed by atoms with Gasteiger partial charge in [-0.3, -0.25) is 10.1 Å². The Morgan fingerprint density at radius 2 is 2.14 bits per heavy atom. The van der Waals surface area contributed by atoms with Crippen molar-refractivity contribution in [2.45, 2.75) is 17.7 Å². The summed E-state index contributed by atoms with van der Waals surface area (Å²) < 4.78 is 39.3. The van der Waals surface area contributed by atoms with Crippen molar-refractivity contribution in [3.05, 3.63) is 34.1 Å². The van der Waals surface area contributed by atoms with Crippen molar-refractivity contribution in [2.24, 2.45) is 5.92 Å². The first-order chi connectivity index (χ1) is 9.86. The lowest BCUT2D eigenvalue weighted by molar-refractivity contribution is -0.387. The molecule has 0 unspecified atom stereocenters. The summed E-state index contributed by atoms with van der Waals surface area (Å²) in [6.45, 7) is 0.154. The van der Waals surface area contributed by atoms with Crippen molar-refractivity contribution in [1.29, 1.82) is 0 Å². The fourth-order valence-electron chi connectivity index (χ4n) is 1.88. The Morgan fingerprint density at radius 1 is 1.48 bits per heavy atom. The summed E-state index contributed by atoms with van der Waals surface area (Å²) in [6.07, 6.45) is 7.04. The molecule has 1 aromatic rings. The summed E-state index contributed by atoms with van der Waals surface area (Å²) in [4.78, 5) is 9.42. The highest BCUT2D eigenvalue weighted by Gasteiger charge is 2.32. The highest BCUT2D eigenvalue weighted by molar-refractivity contribution is 7.89. The van der Waals surface area contributed by atoms with Gasteiger partial charge in [0.1, 0.15) is 0 Å². The van der Waals surface area contributed by atoms with Crippen LogP contribution in [0.15, 0.2) is 23.1 Å². The van der Waals surface area contributed by atoms with Gasteiger partial charge in [0.2, 0.25) is 15.8 Å². The molecule has 0 amide bonds. The predicted molar refractivity (Wildman–Crippen MR) is 73.4 cm³/mol. The molecule has 0 N–H and O–H groups in total. The largest absolute Gasteiger partial charge is 0.306 e. The van der Waals surface area contributed by atoms with Crippen LogP contribution in [0.3, 0.4) is 0 Å². The lowest BCUT2D eigenvalue weighted by Crippen LogP contribution is -2.33. The second kappa shape index (κ2) is 5.79. The van der Waals surface area contributed by atoms with Gasteiger partial charge in [-0.05, 0) is 30.9 Å². The Bertz CT molecular complexity index is 707. The zero-order chi connectivity index (χ0) is 15.6. The molecule has 1 aliphatic carbocycles. The molecule has 6 nitrogen and oxygen atoms in total. The molecule has 0 aliphatic heterocycles. The molecule has 112 valence electrons. The van der Waals surface area contributed by atoms with Crippen LogP contribution in [0.25, 0.3) is 0 Å². The molecule has 2 rings (SSSR count). The standard InChI is InChI=1S/C13H13FN2O4S/c1-2-7-15(9-10-3-4-10)21(19,20)11-5-6-12(14)13(8-11)16(17)18/h1,5-6,8,10H,3-4,7,9H2. The number of nitrogens with zero attached hydrogens (tertiary/aromatic N) is 2. The van der Waals surface area contributed by atoms with E-state index in [-0.39, 0.29) is 23.9 Å². The van der Waals surface area contributed by atoms with E-state index < -0.39 is 26.5 Å². The van der Waals surface area contributed by atoms with Crippen LogP contribution in [-0.4, -0.2) is 30.7 Å². The van der Waals surface area contributed by atoms with Gasteiger partial charge in [0, 0.05) is 12.6 Å². The highest BCUT2D eigenvalue weighted by atomic mass is 32.2. The maximum Gasteiger partial charge on any atom is 0.306 e. The third-order valence-corrected chi connectivity index (χ3v) is 4.99. The molecular formula is C13H13FN2O4S. The third-order valence-electron chi connectivity index (χ3n) is 3.18. The normalized spacial score (nSPS) is 14.9. The SMILES string of the molecule is C#CCN(CC1CC1)S(=O)(=O)c1ccc(F)c([N+](=O)[O-])c1. The molecule has 0 spiro atoms. The fraction of sp³-hybridized carbons (Fsp3) is 0.385. The second-order valence-electron chi connectivity index (χ2n) is 4.82. The number of nitro groups is 1. The molecule has 0 atom stereocenters. The van der Waals surface area contributed by atoms with E-state index in [1.807, 2.05) is 0 Å². The molecule has 0 bridgehead atoms. The van der Waals surface area contributed by atoms with E-state index in [0.717, 1.165) is 35.3 Å². The molecule has 0 radical (unpaired) electrons. The molecule has 21 heavy (non-hydrogen) atoms. The minimum absolute atomic E-state index is 0.121. The number of nitro benzene ring substituents is 1. The minimum Gasteiger partial charge on any atom is -0.258 e. The van der Waals surface area contributed by atoms with Crippen LogP contribution in [0.5, 0.6) is 0 Å². The molecule has 0 aromatic heterocycles. The Labute approximate surface area is 121 Å². The first-order valence-corrected chi connectivity index (χ1v) is 7.68. The van der Waals surface area contributed by atoms with Gasteiger partial charge in [0.25, 0.3) is 0 Å². The van der Waals surface area contributed by atoms with Crippen molar-refractivity contribution < 1.29 is 17.7 Å². The van der Waals surface area contributed by atoms with E-state index in [2.05, 4.69) is 5.92 Å². The molecule has 0 heterocycles. The van der Waals surface area contributed by atoms with E-state index in [0.29, 0.717) is 0 Å². The van der Waals surface area contributed by atoms with Crippen LogP contribution in [0.2, 0.25) is 0 Å². The molecule has 1 aliphatic rings. The molecule has 8 heteroatoms. The van der Waals surface area contributed by atoms with Crippen molar-refractivity contribution >= 4 is 15.7 Å². The number of halogens is 1. The average molecular weight is 312 g/mol. The Kier molecular flexibility index (Phi) is 4.25. The zero-order valence-electron chi connectivity index (χ0n) is 11.0. The number of terminal acetylenes is 1. The smallest absolute Gasteiger partial charge is 0.258 e. The van der Waals surface area contributed by atoms with E-state index >= 15 is 0 Å². The summed E-state index contributed by atoms with van der Waals surface area (Å²) >= 11 is 0. The first-order valence-electron chi connectivity index (χ1n) is 6.24. The lowest BCUT2D eigenvalue weighted by Gasteiger charge is -2.19. The van der Waals surface area contributed by atoms with Crippen LogP contribution in [0.1, 0.15) is 12.8 Å². The Balaban J connectivity index is 2.39. The monoisotopic (exact) mass is 312 g/mol. The first kappa shape index (κ1) is 15.4. The molecular weight excluding hydrogens is 299 g/mol. The van der Waals surface area contributed by atoms with Gasteiger partial charge in [0.05, 0.1) is 16.4 Å². The van der Waals surface area contributed by atoms with Crippen molar-refractivity contribution in [2.75, 3.05) is 13.1 Å². The van der Waals surface area contributed by atoms with E-state index in [4.69, 9.17) is 6.42 Å². The van der Waals surface area contributed by atoms with Crippen molar-refractivity contribution in [3.63, 3.8) is 0 Å². The van der Waals surface area contributed by atoms with Gasteiger partial charge in [-0.2, -0.15) is 8.70 Å². The van der Waals surface area contributed by atoms with Gasteiger partial charge in [-0.1, -0.05) is 5.92 Å². The maximum absolute atomic E-state index is 13.3. The minimum atomic E-state index is -3.97. The van der Waals surface area contributed by atoms with Crippen LogP contribution < -0.4 is 0 Å². The van der Waals surface area contributed by atoms with E-state index in [9.17, 15) is 22.9 Å². The summed E-state index contributed by atoms with van der Waals surface area (Å²) in [5.41, 5.74) is -0.872. The summed E-state index contributed by atoms with van der Waals surface area (Å²) in [6, 6.07) is 2.51. The molecule has 1 aromatic carbocycles. The zero-order valence-corrected chi connectivity index (χ0v) is 11.8. The summed E-state index contributed by atoms with van der Waals surface area (Å²) in [5.74, 6) is 1.45. The molecule has 1 saturated carbocycles. The quantitative estimate of drug-likeness (QED) is 0.455. The summed E-state index contributed by atoms with van der Waals surface area (Å²) in [5, 5.41) is 10.7. The van der Waals surface area contributed by atoms with Crippen LogP contribution in [0.4, 0.5) is 10.1 Å². The number of sulfonamides is 1. The van der Waals surface area contributed by atoms with E-state index in [1.54, 1.807) is 0 Å². The number of hydrogen-bond acceptors (Lipinski definition) is 4.